The van der Waals surface area contributed by atoms with Crippen LogP contribution in [0.25, 0.3) is 0 Å². The smallest absolute Gasteiger partial charge is 0.253 e. The molecule has 2 rings (SSSR count). The summed E-state index contributed by atoms with van der Waals surface area (Å²) in [4.78, 5) is 12.0. The largest absolute Gasteiger partial charge is 0.399 e. The lowest BCUT2D eigenvalue weighted by Crippen LogP contribution is -2.26. The molecule has 1 atom stereocenters. The zero-order chi connectivity index (χ0) is 14.4. The van der Waals surface area contributed by atoms with Crippen LogP contribution in [0.2, 0.25) is 0 Å². The minimum atomic E-state index is -0.0549. The van der Waals surface area contributed by atoms with Crippen LogP contribution in [0, 0.1) is 0 Å². The van der Waals surface area contributed by atoms with E-state index in [0.29, 0.717) is 23.0 Å². The van der Waals surface area contributed by atoms with Crippen LogP contribution in [-0.4, -0.2) is 41.5 Å². The van der Waals surface area contributed by atoms with Gasteiger partial charge in [0.15, 0.2) is 0 Å². The Balaban J connectivity index is 2.04. The fourth-order valence-corrected chi connectivity index (χ4v) is 4.65. The molecule has 110 valence electrons. The van der Waals surface area contributed by atoms with Gasteiger partial charge in [0.1, 0.15) is 0 Å². The van der Waals surface area contributed by atoms with Crippen LogP contribution in [0.1, 0.15) is 17.3 Å². The number of nitrogen functional groups attached to an aromatic ring is 1. The Labute approximate surface area is 128 Å². The van der Waals surface area contributed by atoms with Gasteiger partial charge in [-0.15, -0.1) is 0 Å². The van der Waals surface area contributed by atoms with Crippen molar-refractivity contribution in [2.24, 2.45) is 0 Å². The molecule has 0 saturated carbocycles. The SMILES string of the molecule is CCNC(=O)c1ccc(N)cc1NCC1CSCCS1. The number of hydrogen-bond acceptors (Lipinski definition) is 5. The van der Waals surface area contributed by atoms with E-state index in [9.17, 15) is 4.79 Å². The summed E-state index contributed by atoms with van der Waals surface area (Å²) in [5.41, 5.74) is 7.99. The minimum absolute atomic E-state index is 0.0549. The van der Waals surface area contributed by atoms with Gasteiger partial charge in [-0.1, -0.05) is 0 Å². The third-order valence-corrected chi connectivity index (χ3v) is 5.88. The van der Waals surface area contributed by atoms with E-state index >= 15 is 0 Å². The van der Waals surface area contributed by atoms with Gasteiger partial charge >= 0.3 is 0 Å². The van der Waals surface area contributed by atoms with Crippen molar-refractivity contribution in [3.8, 4) is 0 Å². The number of benzene rings is 1. The summed E-state index contributed by atoms with van der Waals surface area (Å²) >= 11 is 3.99. The van der Waals surface area contributed by atoms with Crippen molar-refractivity contribution in [1.29, 1.82) is 0 Å². The van der Waals surface area contributed by atoms with Crippen LogP contribution < -0.4 is 16.4 Å². The summed E-state index contributed by atoms with van der Waals surface area (Å²) < 4.78 is 0. The molecule has 1 amide bonds. The van der Waals surface area contributed by atoms with Gasteiger partial charge < -0.3 is 16.4 Å². The van der Waals surface area contributed by atoms with Crippen LogP contribution in [0.4, 0.5) is 11.4 Å². The van der Waals surface area contributed by atoms with Gasteiger partial charge in [-0.3, -0.25) is 4.79 Å². The van der Waals surface area contributed by atoms with Gasteiger partial charge in [0.2, 0.25) is 0 Å². The summed E-state index contributed by atoms with van der Waals surface area (Å²) in [6.45, 7) is 3.41. The van der Waals surface area contributed by atoms with Gasteiger partial charge in [0.25, 0.3) is 5.91 Å². The second-order valence-electron chi connectivity index (χ2n) is 4.61. The average molecular weight is 311 g/mol. The van der Waals surface area contributed by atoms with Gasteiger partial charge in [-0.05, 0) is 25.1 Å². The summed E-state index contributed by atoms with van der Waals surface area (Å²) in [7, 11) is 0. The van der Waals surface area contributed by atoms with Gasteiger partial charge in [0, 0.05) is 47.0 Å². The maximum Gasteiger partial charge on any atom is 0.253 e. The van der Waals surface area contributed by atoms with Gasteiger partial charge in [-0.25, -0.2) is 0 Å². The highest BCUT2D eigenvalue weighted by molar-refractivity contribution is 8.06. The molecule has 6 heteroatoms. The monoisotopic (exact) mass is 311 g/mol. The molecule has 1 unspecified atom stereocenters. The molecule has 1 fully saturated rings. The first-order valence-electron chi connectivity index (χ1n) is 6.81. The van der Waals surface area contributed by atoms with Crippen molar-refractivity contribution in [2.45, 2.75) is 12.2 Å². The molecule has 0 aromatic heterocycles. The second-order valence-corrected chi connectivity index (χ2v) is 7.17. The number of rotatable bonds is 5. The Kier molecular flexibility index (Phi) is 5.91. The van der Waals surface area contributed by atoms with E-state index in [4.69, 9.17) is 5.73 Å². The summed E-state index contributed by atoms with van der Waals surface area (Å²) in [6, 6.07) is 5.39. The molecule has 4 N–H and O–H groups in total. The number of anilines is 2. The molecule has 1 aliphatic heterocycles. The van der Waals surface area contributed by atoms with E-state index in [-0.39, 0.29) is 5.91 Å². The molecule has 1 saturated heterocycles. The summed E-state index contributed by atoms with van der Waals surface area (Å²) in [6.07, 6.45) is 0. The summed E-state index contributed by atoms with van der Waals surface area (Å²) in [5.74, 6) is 3.55. The molecule has 4 nitrogen and oxygen atoms in total. The Morgan fingerprint density at radius 1 is 1.45 bits per heavy atom. The van der Waals surface area contributed by atoms with Crippen LogP contribution in [-0.2, 0) is 0 Å². The van der Waals surface area contributed by atoms with Crippen molar-refractivity contribution in [2.75, 3.05) is 41.4 Å². The number of nitrogens with two attached hydrogens (primary N) is 1. The normalized spacial score (nSPS) is 18.6. The molecule has 1 aromatic rings. The van der Waals surface area contributed by atoms with Crippen molar-refractivity contribution in [3.05, 3.63) is 23.8 Å². The average Bonchev–Trinajstić information content (AvgIpc) is 2.46. The van der Waals surface area contributed by atoms with Crippen molar-refractivity contribution in [1.82, 2.24) is 5.32 Å². The quantitative estimate of drug-likeness (QED) is 0.728. The van der Waals surface area contributed by atoms with E-state index < -0.39 is 0 Å². The highest BCUT2D eigenvalue weighted by Crippen LogP contribution is 2.25. The number of amides is 1. The Hall–Kier alpha value is -1.01. The lowest BCUT2D eigenvalue weighted by Gasteiger charge is -2.22. The van der Waals surface area contributed by atoms with E-state index in [0.717, 1.165) is 18.0 Å². The van der Waals surface area contributed by atoms with E-state index in [1.165, 1.54) is 11.5 Å². The number of carbonyl (C=O) groups excluding carboxylic acids is 1. The molecule has 0 spiro atoms. The third-order valence-electron chi connectivity index (χ3n) is 3.03. The Bertz CT molecular complexity index is 462. The third kappa shape index (κ3) is 4.24. The molecule has 1 aliphatic rings. The first-order valence-corrected chi connectivity index (χ1v) is 9.02. The highest BCUT2D eigenvalue weighted by Gasteiger charge is 2.16. The first kappa shape index (κ1) is 15.4. The van der Waals surface area contributed by atoms with Crippen molar-refractivity contribution < 1.29 is 4.79 Å². The number of carbonyl (C=O) groups is 1. The summed E-state index contributed by atoms with van der Waals surface area (Å²) in [5, 5.41) is 6.81. The maximum absolute atomic E-state index is 12.0. The highest BCUT2D eigenvalue weighted by atomic mass is 32.2. The number of nitrogens with one attached hydrogen (secondary N) is 2. The number of hydrogen-bond donors (Lipinski definition) is 3. The maximum atomic E-state index is 12.0. The van der Waals surface area contributed by atoms with Crippen LogP contribution in [0.3, 0.4) is 0 Å². The van der Waals surface area contributed by atoms with Gasteiger partial charge in [0.05, 0.1) is 5.56 Å². The lowest BCUT2D eigenvalue weighted by molar-refractivity contribution is 0.0956. The second kappa shape index (κ2) is 7.69. The fourth-order valence-electron chi connectivity index (χ4n) is 2.04. The van der Waals surface area contributed by atoms with Crippen LogP contribution >= 0.6 is 23.5 Å². The minimum Gasteiger partial charge on any atom is -0.399 e. The molecular formula is C14H21N3OS2. The van der Waals surface area contributed by atoms with Crippen LogP contribution in [0.5, 0.6) is 0 Å². The van der Waals surface area contributed by atoms with Gasteiger partial charge in [-0.2, -0.15) is 23.5 Å². The zero-order valence-electron chi connectivity index (χ0n) is 11.6. The molecule has 0 radical (unpaired) electrons. The molecular weight excluding hydrogens is 290 g/mol. The fraction of sp³-hybridized carbons (Fsp3) is 0.500. The lowest BCUT2D eigenvalue weighted by atomic mass is 10.1. The molecule has 1 heterocycles. The van der Waals surface area contributed by atoms with Crippen molar-refractivity contribution >= 4 is 40.8 Å². The van der Waals surface area contributed by atoms with E-state index in [1.807, 2.05) is 36.5 Å². The molecule has 0 aliphatic carbocycles. The van der Waals surface area contributed by atoms with E-state index in [1.54, 1.807) is 12.1 Å². The Morgan fingerprint density at radius 2 is 2.30 bits per heavy atom. The molecule has 0 bridgehead atoms. The van der Waals surface area contributed by atoms with Crippen molar-refractivity contribution in [3.63, 3.8) is 0 Å². The molecule has 1 aromatic carbocycles. The standard InChI is InChI=1S/C14H21N3OS2/c1-2-16-14(18)12-4-3-10(15)7-13(12)17-8-11-9-19-5-6-20-11/h3-4,7,11,17H,2,5-6,8-9,15H2,1H3,(H,16,18). The predicted octanol–water partition coefficient (Wildman–Crippen LogP) is 2.28. The number of thioether (sulfide) groups is 2. The first-order chi connectivity index (χ1) is 9.70. The predicted molar refractivity (Wildman–Crippen MR) is 90.9 cm³/mol. The zero-order valence-corrected chi connectivity index (χ0v) is 13.3. The topological polar surface area (TPSA) is 67.2 Å². The Morgan fingerprint density at radius 3 is 3.00 bits per heavy atom. The van der Waals surface area contributed by atoms with Crippen LogP contribution in [0.15, 0.2) is 18.2 Å². The molecule has 20 heavy (non-hydrogen) atoms. The van der Waals surface area contributed by atoms with E-state index in [2.05, 4.69) is 10.6 Å².